The van der Waals surface area contributed by atoms with Crippen LogP contribution in [-0.2, 0) is 16.6 Å². The van der Waals surface area contributed by atoms with Gasteiger partial charge in [0, 0.05) is 17.5 Å². The average molecular weight is 347 g/mol. The number of hydrogen-bond acceptors (Lipinski definition) is 5. The van der Waals surface area contributed by atoms with Gasteiger partial charge in [0.2, 0.25) is 0 Å². The molecule has 0 bridgehead atoms. The molecule has 0 aliphatic carbocycles. The van der Waals surface area contributed by atoms with Crippen LogP contribution < -0.4 is 15.2 Å². The van der Waals surface area contributed by atoms with Crippen molar-refractivity contribution < 1.29 is 13.2 Å². The van der Waals surface area contributed by atoms with Gasteiger partial charge in [-0.3, -0.25) is 4.72 Å². The fourth-order valence-corrected chi connectivity index (χ4v) is 4.46. The number of rotatable bonds is 5. The van der Waals surface area contributed by atoms with Gasteiger partial charge < -0.3 is 10.5 Å². The summed E-state index contributed by atoms with van der Waals surface area (Å²) < 4.78 is 32.5. The lowest BCUT2D eigenvalue weighted by atomic mass is 10.3. The van der Waals surface area contributed by atoms with E-state index in [1.807, 2.05) is 6.92 Å². The zero-order valence-electron chi connectivity index (χ0n) is 11.5. The first-order chi connectivity index (χ1) is 9.87. The molecular formula is C13H15ClN2O3S2. The second-order valence-electron chi connectivity index (χ2n) is 4.33. The third-order valence-corrected chi connectivity index (χ3v) is 6.28. The van der Waals surface area contributed by atoms with Crippen LogP contribution >= 0.6 is 22.9 Å². The topological polar surface area (TPSA) is 81.4 Å². The number of sulfonamides is 1. The molecule has 3 N–H and O–H groups in total. The van der Waals surface area contributed by atoms with Gasteiger partial charge in [-0.1, -0.05) is 11.6 Å². The van der Waals surface area contributed by atoms with Crippen molar-refractivity contribution in [1.29, 1.82) is 0 Å². The molecule has 0 unspecified atom stereocenters. The largest absolute Gasteiger partial charge is 0.495 e. The zero-order valence-corrected chi connectivity index (χ0v) is 13.9. The van der Waals surface area contributed by atoms with Gasteiger partial charge in [0.15, 0.2) is 0 Å². The highest BCUT2D eigenvalue weighted by molar-refractivity contribution is 7.94. The summed E-state index contributed by atoms with van der Waals surface area (Å²) in [5.74, 6) is 0.405. The lowest BCUT2D eigenvalue weighted by molar-refractivity contribution is 0.415. The predicted octanol–water partition coefficient (Wildman–Crippen LogP) is 2.98. The molecule has 114 valence electrons. The normalized spacial score (nSPS) is 11.4. The van der Waals surface area contributed by atoms with Crippen molar-refractivity contribution in [3.63, 3.8) is 0 Å². The van der Waals surface area contributed by atoms with Crippen molar-refractivity contribution in [3.05, 3.63) is 39.7 Å². The Morgan fingerprint density at radius 2 is 2.10 bits per heavy atom. The minimum absolute atomic E-state index is 0.231. The van der Waals surface area contributed by atoms with Gasteiger partial charge >= 0.3 is 0 Å². The van der Waals surface area contributed by atoms with Crippen LogP contribution in [0.5, 0.6) is 5.75 Å². The number of nitrogens with one attached hydrogen (secondary N) is 1. The summed E-state index contributed by atoms with van der Waals surface area (Å²) in [5, 5.41) is 0.415. The van der Waals surface area contributed by atoms with E-state index in [1.54, 1.807) is 18.2 Å². The van der Waals surface area contributed by atoms with Crippen LogP contribution in [0.1, 0.15) is 10.4 Å². The first kappa shape index (κ1) is 16.1. The number of benzene rings is 1. The fourth-order valence-electron chi connectivity index (χ4n) is 1.75. The maximum atomic E-state index is 12.4. The third kappa shape index (κ3) is 3.49. The SMILES string of the molecule is COc1cc(NS(=O)(=O)c2cc(C)c(CN)s2)ccc1Cl. The van der Waals surface area contributed by atoms with Gasteiger partial charge in [0.1, 0.15) is 9.96 Å². The summed E-state index contributed by atoms with van der Waals surface area (Å²) in [4.78, 5) is 0.851. The van der Waals surface area contributed by atoms with Crippen molar-refractivity contribution >= 4 is 38.6 Å². The molecule has 0 atom stereocenters. The lowest BCUT2D eigenvalue weighted by Gasteiger charge is -2.09. The molecule has 2 aromatic rings. The number of hydrogen-bond donors (Lipinski definition) is 2. The number of nitrogens with two attached hydrogens (primary N) is 1. The first-order valence-electron chi connectivity index (χ1n) is 6.03. The van der Waals surface area contributed by atoms with E-state index in [2.05, 4.69) is 4.72 Å². The molecule has 8 heteroatoms. The van der Waals surface area contributed by atoms with Crippen LogP contribution in [0, 0.1) is 6.92 Å². The van der Waals surface area contributed by atoms with Crippen LogP contribution in [0.3, 0.4) is 0 Å². The van der Waals surface area contributed by atoms with Crippen LogP contribution in [0.25, 0.3) is 0 Å². The second kappa shape index (κ2) is 6.23. The van der Waals surface area contributed by atoms with E-state index in [4.69, 9.17) is 22.1 Å². The number of anilines is 1. The van der Waals surface area contributed by atoms with E-state index >= 15 is 0 Å². The molecule has 21 heavy (non-hydrogen) atoms. The van der Waals surface area contributed by atoms with E-state index in [0.717, 1.165) is 10.4 Å². The van der Waals surface area contributed by atoms with Crippen LogP contribution in [0.2, 0.25) is 5.02 Å². The first-order valence-corrected chi connectivity index (χ1v) is 8.71. The van der Waals surface area contributed by atoms with Gasteiger partial charge in [0.25, 0.3) is 10.0 Å². The van der Waals surface area contributed by atoms with Crippen molar-refractivity contribution in [3.8, 4) is 5.75 Å². The van der Waals surface area contributed by atoms with Crippen LogP contribution in [0.4, 0.5) is 5.69 Å². The molecular weight excluding hydrogens is 332 g/mol. The summed E-state index contributed by atoms with van der Waals surface area (Å²) >= 11 is 7.08. The zero-order chi connectivity index (χ0) is 15.6. The van der Waals surface area contributed by atoms with Crippen molar-refractivity contribution in [2.24, 2.45) is 5.73 Å². The number of thiophene rings is 1. The Balaban J connectivity index is 2.32. The quantitative estimate of drug-likeness (QED) is 0.872. The summed E-state index contributed by atoms with van der Waals surface area (Å²) in [6.07, 6.45) is 0. The van der Waals surface area contributed by atoms with Gasteiger partial charge in [-0.25, -0.2) is 8.42 Å². The molecule has 5 nitrogen and oxygen atoms in total. The molecule has 0 radical (unpaired) electrons. The average Bonchev–Trinajstić information content (AvgIpc) is 2.82. The highest BCUT2D eigenvalue weighted by Crippen LogP contribution is 2.30. The van der Waals surface area contributed by atoms with E-state index in [9.17, 15) is 8.42 Å². The van der Waals surface area contributed by atoms with E-state index < -0.39 is 10.0 Å². The van der Waals surface area contributed by atoms with Gasteiger partial charge in [0.05, 0.1) is 17.8 Å². The Labute approximate surface area is 132 Å². The van der Waals surface area contributed by atoms with Crippen LogP contribution in [-0.4, -0.2) is 15.5 Å². The van der Waals surface area contributed by atoms with Gasteiger partial charge in [-0.15, -0.1) is 11.3 Å². The van der Waals surface area contributed by atoms with E-state index in [-0.39, 0.29) is 4.21 Å². The highest BCUT2D eigenvalue weighted by Gasteiger charge is 2.19. The Kier molecular flexibility index (Phi) is 4.77. The summed E-state index contributed by atoms with van der Waals surface area (Å²) in [5.41, 5.74) is 6.84. The number of ether oxygens (including phenoxy) is 1. The molecule has 0 saturated carbocycles. The Morgan fingerprint density at radius 1 is 1.38 bits per heavy atom. The molecule has 0 saturated heterocycles. The predicted molar refractivity (Wildman–Crippen MR) is 85.8 cm³/mol. The summed E-state index contributed by atoms with van der Waals surface area (Å²) in [6, 6.07) is 6.29. The standard InChI is InChI=1S/C13H15ClN2O3S2/c1-8-5-13(20-12(8)7-15)21(17,18)16-9-3-4-10(14)11(6-9)19-2/h3-6,16H,7,15H2,1-2H3. The molecule has 1 aromatic carbocycles. The molecule has 0 amide bonds. The Bertz CT molecular complexity index is 757. The van der Waals surface area contributed by atoms with Gasteiger partial charge in [-0.2, -0.15) is 0 Å². The Morgan fingerprint density at radius 3 is 2.67 bits per heavy atom. The number of halogens is 1. The molecule has 0 spiro atoms. The highest BCUT2D eigenvalue weighted by atomic mass is 35.5. The monoisotopic (exact) mass is 346 g/mol. The molecule has 0 aliphatic heterocycles. The molecule has 0 aliphatic rings. The maximum absolute atomic E-state index is 12.4. The molecule has 1 heterocycles. The smallest absolute Gasteiger partial charge is 0.271 e. The van der Waals surface area contributed by atoms with Crippen molar-refractivity contribution in [2.45, 2.75) is 17.7 Å². The Hall–Kier alpha value is -1.28. The van der Waals surface area contributed by atoms with Crippen molar-refractivity contribution in [1.82, 2.24) is 0 Å². The summed E-state index contributed by atoms with van der Waals surface area (Å²) in [6.45, 7) is 2.16. The van der Waals surface area contributed by atoms with Crippen LogP contribution in [0.15, 0.2) is 28.5 Å². The minimum Gasteiger partial charge on any atom is -0.495 e. The minimum atomic E-state index is -3.65. The fraction of sp³-hybridized carbons (Fsp3) is 0.231. The second-order valence-corrected chi connectivity index (χ2v) is 7.78. The molecule has 1 aromatic heterocycles. The molecule has 0 fully saturated rings. The van der Waals surface area contributed by atoms with Gasteiger partial charge in [-0.05, 0) is 30.7 Å². The molecule has 2 rings (SSSR count). The number of aryl methyl sites for hydroxylation is 1. The van der Waals surface area contributed by atoms with Crippen molar-refractivity contribution in [2.75, 3.05) is 11.8 Å². The summed E-state index contributed by atoms with van der Waals surface area (Å²) in [7, 11) is -2.18. The maximum Gasteiger partial charge on any atom is 0.271 e. The third-order valence-electron chi connectivity index (χ3n) is 2.85. The van der Waals surface area contributed by atoms with E-state index in [0.29, 0.717) is 23.0 Å². The van der Waals surface area contributed by atoms with E-state index in [1.165, 1.54) is 24.5 Å². The number of methoxy groups -OCH3 is 1. The lowest BCUT2D eigenvalue weighted by Crippen LogP contribution is -2.11.